The highest BCUT2D eigenvalue weighted by atomic mass is 14.9. The van der Waals surface area contributed by atoms with Gasteiger partial charge in [-0.15, -0.1) is 0 Å². The summed E-state index contributed by atoms with van der Waals surface area (Å²) in [5.41, 5.74) is 14.1. The minimum absolute atomic E-state index is 0.0613. The normalized spacial score (nSPS) is 19.0. The molecule has 0 spiro atoms. The summed E-state index contributed by atoms with van der Waals surface area (Å²) in [6, 6.07) is 52.7. The van der Waals surface area contributed by atoms with Gasteiger partial charge in [0, 0.05) is 39.1 Å². The minimum Gasteiger partial charge on any atom is -0.274 e. The fourth-order valence-corrected chi connectivity index (χ4v) is 10.7. The number of para-hydroxylation sites is 1. The van der Waals surface area contributed by atoms with Crippen LogP contribution >= 0.6 is 0 Å². The number of dihydropyridines is 1. The zero-order valence-corrected chi connectivity index (χ0v) is 34.2. The zero-order chi connectivity index (χ0) is 40.7. The predicted octanol–water partition coefficient (Wildman–Crippen LogP) is 14.6. The first-order chi connectivity index (χ1) is 30.7. The molecule has 3 atom stereocenters. The van der Waals surface area contributed by atoms with E-state index in [0.717, 1.165) is 64.3 Å². The number of aromatic nitrogens is 2. The van der Waals surface area contributed by atoms with Gasteiger partial charge >= 0.3 is 0 Å². The quantitative estimate of drug-likeness (QED) is 0.167. The molecule has 1 aliphatic heterocycles. The minimum atomic E-state index is -0.0613. The number of hydrogen-bond acceptors (Lipinski definition) is 3. The molecule has 62 heavy (non-hydrogen) atoms. The summed E-state index contributed by atoms with van der Waals surface area (Å²) in [6.07, 6.45) is 21.7. The lowest BCUT2D eigenvalue weighted by atomic mass is 9.78. The van der Waals surface area contributed by atoms with E-state index in [9.17, 15) is 0 Å². The summed E-state index contributed by atoms with van der Waals surface area (Å²) in [5.74, 6) is 0.466. The van der Waals surface area contributed by atoms with Gasteiger partial charge in [0.2, 0.25) is 0 Å². The van der Waals surface area contributed by atoms with Gasteiger partial charge in [0.15, 0.2) is 0 Å². The molecule has 0 amide bonds. The van der Waals surface area contributed by atoms with E-state index >= 15 is 0 Å². The van der Waals surface area contributed by atoms with E-state index in [-0.39, 0.29) is 17.9 Å². The molecule has 0 saturated heterocycles. The molecule has 13 rings (SSSR count). The molecule has 0 saturated carbocycles. The number of hydrogen-bond donors (Lipinski definition) is 0. The molecule has 3 heteroatoms. The second-order valence-electron chi connectivity index (χ2n) is 17.3. The van der Waals surface area contributed by atoms with Gasteiger partial charge in [-0.2, -0.15) is 0 Å². The van der Waals surface area contributed by atoms with Crippen LogP contribution in [-0.2, 0) is 6.42 Å². The predicted molar refractivity (Wildman–Crippen MR) is 260 cm³/mol. The SMILES string of the molecule is C1=CC2C=Cc3ccc(-c4ccccc4)nc3C2N=C1c1ccc2c3c(c4ccccc4c2c1)CC(C1=CCCC(c2nc4ccccc4c4c2ccc2ccccc24)=C1)C=C3. The highest BCUT2D eigenvalue weighted by Crippen LogP contribution is 2.44. The molecule has 292 valence electrons. The van der Waals surface area contributed by atoms with Gasteiger partial charge in [-0.1, -0.05) is 170 Å². The third kappa shape index (κ3) is 5.62. The average molecular weight is 792 g/mol. The van der Waals surface area contributed by atoms with Crippen LogP contribution in [0.1, 0.15) is 52.5 Å². The topological polar surface area (TPSA) is 38.1 Å². The number of aliphatic imine (C=N–C) groups is 1. The highest BCUT2D eigenvalue weighted by Gasteiger charge is 2.30. The van der Waals surface area contributed by atoms with Gasteiger partial charge in [0.1, 0.15) is 6.04 Å². The fourth-order valence-electron chi connectivity index (χ4n) is 10.7. The van der Waals surface area contributed by atoms with E-state index in [1.807, 2.05) is 0 Å². The van der Waals surface area contributed by atoms with E-state index < -0.39 is 0 Å². The number of nitrogens with zero attached hydrogens (tertiary/aromatic N) is 3. The van der Waals surface area contributed by atoms with Crippen molar-refractivity contribution < 1.29 is 0 Å². The summed E-state index contributed by atoms with van der Waals surface area (Å²) in [7, 11) is 0. The monoisotopic (exact) mass is 791 g/mol. The maximum absolute atomic E-state index is 5.45. The molecule has 7 aromatic carbocycles. The molecule has 3 aliphatic carbocycles. The molecule has 4 aliphatic rings. The molecule has 2 aromatic heterocycles. The Balaban J connectivity index is 0.867. The van der Waals surface area contributed by atoms with E-state index in [1.54, 1.807) is 0 Å². The van der Waals surface area contributed by atoms with Crippen LogP contribution in [0.4, 0.5) is 0 Å². The van der Waals surface area contributed by atoms with Crippen LogP contribution in [0.15, 0.2) is 193 Å². The molecule has 0 N–H and O–H groups in total. The van der Waals surface area contributed by atoms with Crippen LogP contribution in [0.3, 0.4) is 0 Å². The van der Waals surface area contributed by atoms with Gasteiger partial charge in [0.25, 0.3) is 0 Å². The number of allylic oxidation sites excluding steroid dienone is 6. The number of rotatable bonds is 4. The van der Waals surface area contributed by atoms with E-state index in [0.29, 0.717) is 0 Å². The maximum Gasteiger partial charge on any atom is 0.103 e. The van der Waals surface area contributed by atoms with Crippen LogP contribution in [0.5, 0.6) is 0 Å². The van der Waals surface area contributed by atoms with Crippen molar-refractivity contribution in [1.29, 1.82) is 0 Å². The molecule has 3 nitrogen and oxygen atoms in total. The van der Waals surface area contributed by atoms with Gasteiger partial charge < -0.3 is 0 Å². The van der Waals surface area contributed by atoms with Crippen molar-refractivity contribution >= 4 is 77.4 Å². The summed E-state index contributed by atoms with van der Waals surface area (Å²) < 4.78 is 0. The molecular formula is C59H41N3. The molecule has 3 heterocycles. The van der Waals surface area contributed by atoms with Crippen LogP contribution in [0.2, 0.25) is 0 Å². The van der Waals surface area contributed by atoms with Gasteiger partial charge in [-0.3, -0.25) is 4.99 Å². The Bertz CT molecular complexity index is 3550. The summed E-state index contributed by atoms with van der Waals surface area (Å²) in [4.78, 5) is 16.0. The average Bonchev–Trinajstić information content (AvgIpc) is 3.35. The van der Waals surface area contributed by atoms with Gasteiger partial charge in [-0.25, -0.2) is 9.97 Å². The van der Waals surface area contributed by atoms with Crippen molar-refractivity contribution in [1.82, 2.24) is 9.97 Å². The van der Waals surface area contributed by atoms with Crippen molar-refractivity contribution in [3.05, 3.63) is 221 Å². The van der Waals surface area contributed by atoms with Crippen LogP contribution in [0.25, 0.3) is 83.0 Å². The largest absolute Gasteiger partial charge is 0.274 e. The lowest BCUT2D eigenvalue weighted by Gasteiger charge is -2.28. The summed E-state index contributed by atoms with van der Waals surface area (Å²) in [5, 5.41) is 11.5. The van der Waals surface area contributed by atoms with Gasteiger partial charge in [0.05, 0.1) is 28.3 Å². The van der Waals surface area contributed by atoms with Crippen molar-refractivity contribution in [2.45, 2.75) is 25.3 Å². The molecule has 9 aromatic rings. The third-order valence-corrected chi connectivity index (χ3v) is 13.8. The first-order valence-corrected chi connectivity index (χ1v) is 22.0. The van der Waals surface area contributed by atoms with Crippen molar-refractivity contribution in [3.63, 3.8) is 0 Å². The highest BCUT2D eigenvalue weighted by molar-refractivity contribution is 6.21. The molecule has 0 radical (unpaired) electrons. The Hall–Kier alpha value is -7.49. The van der Waals surface area contributed by atoms with E-state index in [1.165, 1.54) is 70.7 Å². The number of fused-ring (bicyclic) bond motifs is 14. The fraction of sp³-hybridized carbons (Fsp3) is 0.102. The Morgan fingerprint density at radius 3 is 2.26 bits per heavy atom. The number of benzene rings is 7. The summed E-state index contributed by atoms with van der Waals surface area (Å²) >= 11 is 0. The van der Waals surface area contributed by atoms with Gasteiger partial charge in [-0.05, 0) is 104 Å². The first-order valence-electron chi connectivity index (χ1n) is 22.0. The Morgan fingerprint density at radius 1 is 0.548 bits per heavy atom. The molecular weight excluding hydrogens is 751 g/mol. The lowest BCUT2D eigenvalue weighted by Crippen LogP contribution is -2.19. The Morgan fingerprint density at radius 2 is 1.34 bits per heavy atom. The summed E-state index contributed by atoms with van der Waals surface area (Å²) in [6.45, 7) is 0. The Labute approximate surface area is 360 Å². The maximum atomic E-state index is 5.45. The van der Waals surface area contributed by atoms with Crippen molar-refractivity contribution in [2.24, 2.45) is 16.8 Å². The van der Waals surface area contributed by atoms with E-state index in [2.05, 4.69) is 194 Å². The van der Waals surface area contributed by atoms with Crippen LogP contribution in [-0.4, -0.2) is 15.7 Å². The first kappa shape index (κ1) is 35.3. The Kier molecular flexibility index (Phi) is 7.99. The lowest BCUT2D eigenvalue weighted by molar-refractivity contribution is 0.592. The van der Waals surface area contributed by atoms with Crippen molar-refractivity contribution in [3.8, 4) is 11.3 Å². The van der Waals surface area contributed by atoms with Crippen molar-refractivity contribution in [2.75, 3.05) is 0 Å². The second-order valence-corrected chi connectivity index (χ2v) is 17.3. The zero-order valence-electron chi connectivity index (χ0n) is 34.2. The van der Waals surface area contributed by atoms with E-state index in [4.69, 9.17) is 15.0 Å². The third-order valence-electron chi connectivity index (χ3n) is 13.8. The molecule has 0 fully saturated rings. The van der Waals surface area contributed by atoms with Crippen LogP contribution < -0.4 is 0 Å². The molecule has 0 bridgehead atoms. The smallest absolute Gasteiger partial charge is 0.103 e. The van der Waals surface area contributed by atoms with Crippen LogP contribution in [0, 0.1) is 11.8 Å². The second kappa shape index (κ2) is 14.0. The molecule has 3 unspecified atom stereocenters. The standard InChI is InChI=1S/C59H41N3/c1-2-12-37(13-3-1)53-31-26-38-21-22-39-27-32-54(61-59(39)58(38)60-53)42-25-29-48-47-28-24-41(34-51(47)45-17-6-7-18-46(45)52(48)35-42)40-14-10-15-43(33-40)57-50-30-23-36-11-4-5-16-44(36)56(50)49-19-8-9-20-55(49)62-57/h1-9,11-14,16-33,35,39,41,59H,10,15,34H2. The number of pyridine rings is 2.